The number of aryl methyl sites for hydroxylation is 2. The topological polar surface area (TPSA) is 38.3 Å². The Hall–Kier alpha value is -1.94. The zero-order valence-electron chi connectivity index (χ0n) is 14.1. The Morgan fingerprint density at radius 2 is 1.83 bits per heavy atom. The Morgan fingerprint density at radius 3 is 2.43 bits per heavy atom. The lowest BCUT2D eigenvalue weighted by molar-refractivity contribution is -0.120. The minimum absolute atomic E-state index is 0.0454. The van der Waals surface area contributed by atoms with Crippen LogP contribution in [0.5, 0.6) is 5.75 Å². The molecule has 0 aliphatic heterocycles. The van der Waals surface area contributed by atoms with Gasteiger partial charge in [-0.1, -0.05) is 18.2 Å². The van der Waals surface area contributed by atoms with Crippen molar-refractivity contribution >= 4 is 17.7 Å². The van der Waals surface area contributed by atoms with Crippen LogP contribution < -0.4 is 10.1 Å². The molecule has 2 rings (SSSR count). The summed E-state index contributed by atoms with van der Waals surface area (Å²) in [6, 6.07) is 14.0. The summed E-state index contributed by atoms with van der Waals surface area (Å²) in [5.74, 6) is 0.864. The summed E-state index contributed by atoms with van der Waals surface area (Å²) in [6.45, 7) is 6.65. The maximum Gasteiger partial charge on any atom is 0.233 e. The van der Waals surface area contributed by atoms with Gasteiger partial charge in [0.25, 0.3) is 0 Å². The molecule has 0 spiro atoms. The molecule has 0 aliphatic carbocycles. The molecule has 0 aromatic heterocycles. The molecule has 0 radical (unpaired) electrons. The van der Waals surface area contributed by atoms with Crippen LogP contribution in [0.1, 0.15) is 23.6 Å². The number of nitrogens with one attached hydrogen (secondary N) is 1. The van der Waals surface area contributed by atoms with E-state index in [0.717, 1.165) is 16.2 Å². The Labute approximate surface area is 142 Å². The quantitative estimate of drug-likeness (QED) is 0.811. The van der Waals surface area contributed by atoms with Gasteiger partial charge in [-0.2, -0.15) is 0 Å². The van der Waals surface area contributed by atoms with Crippen LogP contribution in [0.15, 0.2) is 47.4 Å². The fourth-order valence-corrected chi connectivity index (χ4v) is 3.11. The van der Waals surface area contributed by atoms with Crippen molar-refractivity contribution in [3.63, 3.8) is 0 Å². The maximum absolute atomic E-state index is 12.2. The van der Waals surface area contributed by atoms with Crippen LogP contribution in [0.4, 0.5) is 0 Å². The molecular formula is C19H23NO2S. The third-order valence-corrected chi connectivity index (χ3v) is 4.88. The number of methoxy groups -OCH3 is 1. The molecule has 0 fully saturated rings. The van der Waals surface area contributed by atoms with Crippen LogP contribution in [0.2, 0.25) is 0 Å². The van der Waals surface area contributed by atoms with E-state index in [9.17, 15) is 4.79 Å². The van der Waals surface area contributed by atoms with Crippen molar-refractivity contribution in [2.45, 2.75) is 37.5 Å². The van der Waals surface area contributed by atoms with Gasteiger partial charge < -0.3 is 10.1 Å². The van der Waals surface area contributed by atoms with Gasteiger partial charge in [-0.3, -0.25) is 4.79 Å². The Bertz CT molecular complexity index is 668. The lowest BCUT2D eigenvalue weighted by atomic mass is 10.1. The van der Waals surface area contributed by atoms with Gasteiger partial charge in [-0.25, -0.2) is 0 Å². The van der Waals surface area contributed by atoms with E-state index in [1.54, 1.807) is 18.9 Å². The number of amides is 1. The van der Waals surface area contributed by atoms with Gasteiger partial charge in [0.15, 0.2) is 0 Å². The molecule has 0 saturated carbocycles. The number of hydrogen-bond donors (Lipinski definition) is 1. The maximum atomic E-state index is 12.2. The van der Waals surface area contributed by atoms with Crippen LogP contribution in [0, 0.1) is 13.8 Å². The monoisotopic (exact) mass is 329 g/mol. The average molecular weight is 329 g/mol. The second-order valence-electron chi connectivity index (χ2n) is 5.57. The molecule has 1 amide bonds. The van der Waals surface area contributed by atoms with Gasteiger partial charge in [0.2, 0.25) is 5.91 Å². The molecule has 4 heteroatoms. The molecule has 0 unspecified atom stereocenters. The van der Waals surface area contributed by atoms with Crippen molar-refractivity contribution in [1.29, 1.82) is 0 Å². The minimum Gasteiger partial charge on any atom is -0.497 e. The fraction of sp³-hybridized carbons (Fsp3) is 0.316. The number of thioether (sulfide) groups is 1. The van der Waals surface area contributed by atoms with Gasteiger partial charge in [0.1, 0.15) is 5.75 Å². The number of carbonyl (C=O) groups is 1. The van der Waals surface area contributed by atoms with E-state index in [1.807, 2.05) is 31.2 Å². The normalized spacial score (nSPS) is 11.8. The van der Waals surface area contributed by atoms with Crippen molar-refractivity contribution < 1.29 is 9.53 Å². The van der Waals surface area contributed by atoms with Crippen LogP contribution >= 0.6 is 11.8 Å². The van der Waals surface area contributed by atoms with Crippen molar-refractivity contribution in [2.24, 2.45) is 0 Å². The smallest absolute Gasteiger partial charge is 0.233 e. The summed E-state index contributed by atoms with van der Waals surface area (Å²) in [6.07, 6.45) is 0. The molecule has 0 aliphatic rings. The van der Waals surface area contributed by atoms with E-state index < -0.39 is 0 Å². The van der Waals surface area contributed by atoms with Crippen molar-refractivity contribution in [2.75, 3.05) is 7.11 Å². The highest BCUT2D eigenvalue weighted by molar-refractivity contribution is 8.00. The van der Waals surface area contributed by atoms with E-state index in [4.69, 9.17) is 4.74 Å². The lowest BCUT2D eigenvalue weighted by Crippen LogP contribution is -2.30. The highest BCUT2D eigenvalue weighted by atomic mass is 32.2. The summed E-state index contributed by atoms with van der Waals surface area (Å²) >= 11 is 1.58. The molecule has 0 saturated heterocycles. The predicted molar refractivity (Wildman–Crippen MR) is 96.1 cm³/mol. The van der Waals surface area contributed by atoms with Gasteiger partial charge in [-0.05, 0) is 61.7 Å². The third kappa shape index (κ3) is 5.03. The van der Waals surface area contributed by atoms with E-state index in [0.29, 0.717) is 6.54 Å². The standard InChI is InChI=1S/C19H23NO2S/c1-13-5-10-18(11-14(13)2)23-15(3)19(21)20-12-16-6-8-17(22-4)9-7-16/h5-11,15H,12H2,1-4H3,(H,20,21)/t15-/m0/s1. The molecular weight excluding hydrogens is 306 g/mol. The highest BCUT2D eigenvalue weighted by Crippen LogP contribution is 2.25. The number of carbonyl (C=O) groups excluding carboxylic acids is 1. The van der Waals surface area contributed by atoms with E-state index in [1.165, 1.54) is 11.1 Å². The first-order valence-electron chi connectivity index (χ1n) is 7.64. The molecule has 3 nitrogen and oxygen atoms in total. The van der Waals surface area contributed by atoms with Crippen molar-refractivity contribution in [3.8, 4) is 5.75 Å². The number of rotatable bonds is 6. The average Bonchev–Trinajstić information content (AvgIpc) is 2.56. The molecule has 2 aromatic carbocycles. The molecule has 2 aromatic rings. The predicted octanol–water partition coefficient (Wildman–Crippen LogP) is 4.11. The molecule has 0 heterocycles. The van der Waals surface area contributed by atoms with Crippen LogP contribution in [0.3, 0.4) is 0 Å². The van der Waals surface area contributed by atoms with Crippen LogP contribution in [-0.4, -0.2) is 18.3 Å². The molecule has 23 heavy (non-hydrogen) atoms. The summed E-state index contributed by atoms with van der Waals surface area (Å²) in [4.78, 5) is 13.4. The van der Waals surface area contributed by atoms with Crippen molar-refractivity contribution in [3.05, 3.63) is 59.2 Å². The van der Waals surface area contributed by atoms with Crippen LogP contribution in [0.25, 0.3) is 0 Å². The zero-order valence-corrected chi connectivity index (χ0v) is 14.9. The first-order valence-corrected chi connectivity index (χ1v) is 8.52. The number of benzene rings is 2. The molecule has 0 bridgehead atoms. The third-order valence-electron chi connectivity index (χ3n) is 3.79. The molecule has 122 valence electrons. The second-order valence-corrected chi connectivity index (χ2v) is 6.99. The summed E-state index contributed by atoms with van der Waals surface area (Å²) in [5.41, 5.74) is 3.58. The number of hydrogen-bond acceptors (Lipinski definition) is 3. The lowest BCUT2D eigenvalue weighted by Gasteiger charge is -2.13. The first-order chi connectivity index (χ1) is 11.0. The minimum atomic E-state index is -0.129. The van der Waals surface area contributed by atoms with E-state index in [-0.39, 0.29) is 11.2 Å². The SMILES string of the molecule is COc1ccc(CNC(=O)[C@H](C)Sc2ccc(C)c(C)c2)cc1. The second kappa shape index (κ2) is 8.06. The van der Waals surface area contributed by atoms with Gasteiger partial charge >= 0.3 is 0 Å². The van der Waals surface area contributed by atoms with Gasteiger partial charge in [0.05, 0.1) is 12.4 Å². The molecule has 1 N–H and O–H groups in total. The summed E-state index contributed by atoms with van der Waals surface area (Å²) < 4.78 is 5.13. The van der Waals surface area contributed by atoms with Gasteiger partial charge in [0, 0.05) is 11.4 Å². The van der Waals surface area contributed by atoms with Crippen LogP contribution in [-0.2, 0) is 11.3 Å². The number of ether oxygens (including phenoxy) is 1. The highest BCUT2D eigenvalue weighted by Gasteiger charge is 2.14. The summed E-state index contributed by atoms with van der Waals surface area (Å²) in [7, 11) is 1.64. The van der Waals surface area contributed by atoms with E-state index >= 15 is 0 Å². The van der Waals surface area contributed by atoms with Crippen molar-refractivity contribution in [1.82, 2.24) is 5.32 Å². The Morgan fingerprint density at radius 1 is 1.13 bits per heavy atom. The fourth-order valence-electron chi connectivity index (χ4n) is 2.12. The largest absolute Gasteiger partial charge is 0.497 e. The zero-order chi connectivity index (χ0) is 16.8. The molecule has 1 atom stereocenters. The van der Waals surface area contributed by atoms with E-state index in [2.05, 4.69) is 37.4 Å². The van der Waals surface area contributed by atoms with Gasteiger partial charge in [-0.15, -0.1) is 11.8 Å². The Balaban J connectivity index is 1.87. The first kappa shape index (κ1) is 17.4. The summed E-state index contributed by atoms with van der Waals surface area (Å²) in [5, 5.41) is 2.85. The Kier molecular flexibility index (Phi) is 6.11.